The van der Waals surface area contributed by atoms with E-state index in [2.05, 4.69) is 70.9 Å². The molecule has 0 radical (unpaired) electrons. The third-order valence-electron chi connectivity index (χ3n) is 3.41. The molecule has 0 aliphatic carbocycles. The summed E-state index contributed by atoms with van der Waals surface area (Å²) in [5.74, 6) is 0. The van der Waals surface area contributed by atoms with Crippen molar-refractivity contribution in [3.63, 3.8) is 0 Å². The smallest absolute Gasteiger partial charge is 0.0635 e. The van der Waals surface area contributed by atoms with Crippen LogP contribution >= 0.6 is 22.6 Å². The molecule has 19 heavy (non-hydrogen) atoms. The van der Waals surface area contributed by atoms with E-state index in [1.54, 1.807) is 0 Å². The summed E-state index contributed by atoms with van der Waals surface area (Å²) in [6.07, 6.45) is 0. The summed E-state index contributed by atoms with van der Waals surface area (Å²) < 4.78 is 6.91. The lowest BCUT2D eigenvalue weighted by Gasteiger charge is -2.36. The van der Waals surface area contributed by atoms with Gasteiger partial charge in [0.25, 0.3) is 0 Å². The lowest BCUT2D eigenvalue weighted by molar-refractivity contribution is -0.0114. The highest BCUT2D eigenvalue weighted by atomic mass is 127. The number of ether oxygens (including phenoxy) is 1. The number of hydrogen-bond donors (Lipinski definition) is 1. The van der Waals surface area contributed by atoms with Crippen molar-refractivity contribution in [2.75, 3.05) is 26.3 Å². The minimum Gasteiger partial charge on any atom is -0.378 e. The molecule has 0 aromatic heterocycles. The highest BCUT2D eigenvalue weighted by Gasteiger charge is 2.22. The van der Waals surface area contributed by atoms with Crippen LogP contribution in [0.2, 0.25) is 0 Å². The Morgan fingerprint density at radius 2 is 2.11 bits per heavy atom. The first-order chi connectivity index (χ1) is 9.15. The number of benzene rings is 1. The molecule has 0 spiro atoms. The lowest BCUT2D eigenvalue weighted by Crippen LogP contribution is -2.50. The largest absolute Gasteiger partial charge is 0.378 e. The van der Waals surface area contributed by atoms with Crippen LogP contribution in [0, 0.1) is 3.57 Å². The maximum absolute atomic E-state index is 5.62. The molecule has 1 saturated heterocycles. The van der Waals surface area contributed by atoms with Crippen molar-refractivity contribution in [1.29, 1.82) is 0 Å². The zero-order chi connectivity index (χ0) is 13.7. The summed E-state index contributed by atoms with van der Waals surface area (Å²) >= 11 is 2.35. The van der Waals surface area contributed by atoms with Crippen molar-refractivity contribution < 1.29 is 4.74 Å². The molecule has 0 bridgehead atoms. The minimum atomic E-state index is 0.482. The van der Waals surface area contributed by atoms with Gasteiger partial charge in [0.2, 0.25) is 0 Å². The molecule has 1 aliphatic rings. The molecule has 0 amide bonds. The Hall–Kier alpha value is -0.170. The first kappa shape index (κ1) is 15.2. The highest BCUT2D eigenvalue weighted by molar-refractivity contribution is 14.1. The second-order valence-corrected chi connectivity index (χ2v) is 6.63. The van der Waals surface area contributed by atoms with E-state index in [0.29, 0.717) is 12.1 Å². The van der Waals surface area contributed by atoms with Crippen molar-refractivity contribution in [3.8, 4) is 0 Å². The van der Waals surface area contributed by atoms with Gasteiger partial charge in [-0.3, -0.25) is 4.90 Å². The van der Waals surface area contributed by atoms with E-state index in [-0.39, 0.29) is 0 Å². The number of rotatable bonds is 5. The fourth-order valence-corrected chi connectivity index (χ4v) is 2.64. The molecular formula is C15H23IN2O. The average molecular weight is 374 g/mol. The molecule has 1 fully saturated rings. The zero-order valence-electron chi connectivity index (χ0n) is 11.7. The SMILES string of the molecule is CC(C)NCC1COCCN1Cc1ccc(I)cc1. The van der Waals surface area contributed by atoms with Gasteiger partial charge in [0.1, 0.15) is 0 Å². The van der Waals surface area contributed by atoms with Crippen LogP contribution in [0.15, 0.2) is 24.3 Å². The summed E-state index contributed by atoms with van der Waals surface area (Å²) in [4.78, 5) is 2.53. The fourth-order valence-electron chi connectivity index (χ4n) is 2.28. The van der Waals surface area contributed by atoms with E-state index in [1.807, 2.05) is 0 Å². The Morgan fingerprint density at radius 1 is 1.37 bits per heavy atom. The summed E-state index contributed by atoms with van der Waals surface area (Å²) in [5, 5.41) is 3.52. The molecule has 3 nitrogen and oxygen atoms in total. The van der Waals surface area contributed by atoms with Crippen molar-refractivity contribution >= 4 is 22.6 Å². The fraction of sp³-hybridized carbons (Fsp3) is 0.600. The minimum absolute atomic E-state index is 0.482. The molecule has 1 aliphatic heterocycles. The Kier molecular flexibility index (Phi) is 6.06. The maximum atomic E-state index is 5.62. The Labute approximate surface area is 129 Å². The van der Waals surface area contributed by atoms with Gasteiger partial charge in [0.15, 0.2) is 0 Å². The van der Waals surface area contributed by atoms with Gasteiger partial charge in [-0.2, -0.15) is 0 Å². The van der Waals surface area contributed by atoms with Crippen molar-refractivity contribution in [2.24, 2.45) is 0 Å². The molecule has 106 valence electrons. The van der Waals surface area contributed by atoms with Crippen LogP contribution in [0.4, 0.5) is 0 Å². The monoisotopic (exact) mass is 374 g/mol. The standard InChI is InChI=1S/C15H23IN2O/c1-12(2)17-9-15-11-19-8-7-18(15)10-13-3-5-14(16)6-4-13/h3-6,12,15,17H,7-11H2,1-2H3. The topological polar surface area (TPSA) is 24.5 Å². The average Bonchev–Trinajstić information content (AvgIpc) is 2.40. The molecule has 2 rings (SSSR count). The summed E-state index contributed by atoms with van der Waals surface area (Å²) in [7, 11) is 0. The summed E-state index contributed by atoms with van der Waals surface area (Å²) in [6.45, 7) is 9.11. The predicted molar refractivity (Wildman–Crippen MR) is 87.3 cm³/mol. The van der Waals surface area contributed by atoms with Crippen molar-refractivity contribution in [1.82, 2.24) is 10.2 Å². The van der Waals surface area contributed by atoms with Gasteiger partial charge in [-0.05, 0) is 40.3 Å². The lowest BCUT2D eigenvalue weighted by atomic mass is 10.1. The first-order valence-electron chi connectivity index (χ1n) is 6.95. The second-order valence-electron chi connectivity index (χ2n) is 5.39. The molecule has 1 unspecified atom stereocenters. The van der Waals surface area contributed by atoms with E-state index in [1.165, 1.54) is 9.13 Å². The number of hydrogen-bond acceptors (Lipinski definition) is 3. The van der Waals surface area contributed by atoms with Crippen LogP contribution in [-0.2, 0) is 11.3 Å². The second kappa shape index (κ2) is 7.57. The third-order valence-corrected chi connectivity index (χ3v) is 4.13. The van der Waals surface area contributed by atoms with Crippen LogP contribution in [0.1, 0.15) is 19.4 Å². The summed E-state index contributed by atoms with van der Waals surface area (Å²) in [5.41, 5.74) is 1.39. The Bertz CT molecular complexity index is 380. The number of nitrogens with zero attached hydrogens (tertiary/aromatic N) is 1. The van der Waals surface area contributed by atoms with Crippen LogP contribution < -0.4 is 5.32 Å². The van der Waals surface area contributed by atoms with E-state index in [9.17, 15) is 0 Å². The number of nitrogens with one attached hydrogen (secondary N) is 1. The molecule has 1 aromatic carbocycles. The van der Waals surface area contributed by atoms with Crippen LogP contribution in [-0.4, -0.2) is 43.3 Å². The van der Waals surface area contributed by atoms with Crippen LogP contribution in [0.3, 0.4) is 0 Å². The molecular weight excluding hydrogens is 351 g/mol. The van der Waals surface area contributed by atoms with E-state index in [0.717, 1.165) is 32.8 Å². The predicted octanol–water partition coefficient (Wildman–Crippen LogP) is 2.49. The zero-order valence-corrected chi connectivity index (χ0v) is 13.9. The molecule has 1 heterocycles. The quantitative estimate of drug-likeness (QED) is 0.802. The molecule has 0 saturated carbocycles. The molecule has 1 N–H and O–H groups in total. The van der Waals surface area contributed by atoms with Gasteiger partial charge in [0, 0.05) is 35.3 Å². The van der Waals surface area contributed by atoms with Crippen molar-refractivity contribution in [3.05, 3.63) is 33.4 Å². The van der Waals surface area contributed by atoms with Crippen LogP contribution in [0.25, 0.3) is 0 Å². The number of halogens is 1. The Morgan fingerprint density at radius 3 is 2.79 bits per heavy atom. The maximum Gasteiger partial charge on any atom is 0.0635 e. The highest BCUT2D eigenvalue weighted by Crippen LogP contribution is 2.14. The Balaban J connectivity index is 1.93. The van der Waals surface area contributed by atoms with Gasteiger partial charge in [-0.15, -0.1) is 0 Å². The van der Waals surface area contributed by atoms with E-state index in [4.69, 9.17) is 4.74 Å². The molecule has 1 aromatic rings. The van der Waals surface area contributed by atoms with E-state index < -0.39 is 0 Å². The van der Waals surface area contributed by atoms with Crippen LogP contribution in [0.5, 0.6) is 0 Å². The third kappa shape index (κ3) is 5.02. The van der Waals surface area contributed by atoms with Gasteiger partial charge in [-0.1, -0.05) is 26.0 Å². The molecule has 4 heteroatoms. The normalized spacial score (nSPS) is 20.9. The van der Waals surface area contributed by atoms with Gasteiger partial charge in [-0.25, -0.2) is 0 Å². The number of morpholine rings is 1. The van der Waals surface area contributed by atoms with E-state index >= 15 is 0 Å². The summed E-state index contributed by atoms with van der Waals surface area (Å²) in [6, 6.07) is 9.82. The first-order valence-corrected chi connectivity index (χ1v) is 8.02. The van der Waals surface area contributed by atoms with Gasteiger partial charge in [0.05, 0.1) is 13.2 Å². The van der Waals surface area contributed by atoms with Crippen molar-refractivity contribution in [2.45, 2.75) is 32.5 Å². The van der Waals surface area contributed by atoms with Gasteiger partial charge < -0.3 is 10.1 Å². The molecule has 1 atom stereocenters. The van der Waals surface area contributed by atoms with Gasteiger partial charge >= 0.3 is 0 Å².